The van der Waals surface area contributed by atoms with Crippen LogP contribution in [0.1, 0.15) is 32.6 Å². The average Bonchev–Trinajstić information content (AvgIpc) is 2.40. The monoisotopic (exact) mass is 235 g/mol. The van der Waals surface area contributed by atoms with Gasteiger partial charge in [0.05, 0.1) is 0 Å². The van der Waals surface area contributed by atoms with Gasteiger partial charge >= 0.3 is 0 Å². The van der Waals surface area contributed by atoms with Crippen molar-refractivity contribution in [3.8, 4) is 17.2 Å². The van der Waals surface area contributed by atoms with Crippen molar-refractivity contribution in [3.05, 3.63) is 18.2 Å². The van der Waals surface area contributed by atoms with Gasteiger partial charge in [-0.1, -0.05) is 19.4 Å². The number of fused-ring (bicyclic) bond motifs is 2. The Hall–Kier alpha value is -1.22. The first kappa shape index (κ1) is 12.2. The van der Waals surface area contributed by atoms with Gasteiger partial charge in [-0.15, -0.1) is 0 Å². The number of piperidine rings is 1. The van der Waals surface area contributed by atoms with E-state index in [2.05, 4.69) is 18.9 Å². The molecule has 0 radical (unpaired) electrons. The van der Waals surface area contributed by atoms with Crippen LogP contribution in [-0.4, -0.2) is 29.6 Å². The number of ether oxygens (including phenoxy) is 1. The van der Waals surface area contributed by atoms with E-state index in [0.29, 0.717) is 11.5 Å². The number of benzene rings is 1. The van der Waals surface area contributed by atoms with Gasteiger partial charge < -0.3 is 14.7 Å². The Morgan fingerprint density at radius 3 is 2.41 bits per heavy atom. The molecule has 94 valence electrons. The Morgan fingerprint density at radius 2 is 2.06 bits per heavy atom. The van der Waals surface area contributed by atoms with Gasteiger partial charge in [-0.3, -0.25) is 0 Å². The second-order valence-corrected chi connectivity index (χ2v) is 4.74. The summed E-state index contributed by atoms with van der Waals surface area (Å²) in [6.07, 6.45) is 5.61. The highest BCUT2D eigenvalue weighted by molar-refractivity contribution is 5.59. The van der Waals surface area contributed by atoms with Crippen LogP contribution in [0.4, 0.5) is 0 Å². The summed E-state index contributed by atoms with van der Waals surface area (Å²) >= 11 is 0. The molecule has 3 heterocycles. The number of phenols is 1. The first-order valence-electron chi connectivity index (χ1n) is 6.42. The van der Waals surface area contributed by atoms with Crippen molar-refractivity contribution >= 4 is 0 Å². The van der Waals surface area contributed by atoms with Gasteiger partial charge in [0, 0.05) is 6.04 Å². The predicted octanol–water partition coefficient (Wildman–Crippen LogP) is 3.38. The highest BCUT2D eigenvalue weighted by Gasteiger charge is 2.19. The zero-order chi connectivity index (χ0) is 12.3. The molecule has 3 aliphatic rings. The molecular weight excluding hydrogens is 214 g/mol. The molecule has 0 aromatic heterocycles. The Kier molecular flexibility index (Phi) is 3.89. The SMILES string of the molecule is CCC1CCCCN1C.Oc1c2cccc1O2. The van der Waals surface area contributed by atoms with Crippen molar-refractivity contribution in [1.29, 1.82) is 0 Å². The molecule has 0 spiro atoms. The average molecular weight is 235 g/mol. The maximum Gasteiger partial charge on any atom is 0.202 e. The molecule has 1 aromatic carbocycles. The molecule has 1 atom stereocenters. The molecule has 0 amide bonds. The van der Waals surface area contributed by atoms with Crippen LogP contribution in [0.3, 0.4) is 0 Å². The van der Waals surface area contributed by atoms with E-state index in [0.717, 1.165) is 6.04 Å². The molecule has 4 rings (SSSR count). The molecule has 17 heavy (non-hydrogen) atoms. The molecule has 1 saturated heterocycles. The smallest absolute Gasteiger partial charge is 0.202 e. The van der Waals surface area contributed by atoms with E-state index < -0.39 is 0 Å². The molecule has 3 aliphatic heterocycles. The minimum Gasteiger partial charge on any atom is -0.502 e. The van der Waals surface area contributed by atoms with Gasteiger partial charge in [-0.25, -0.2) is 0 Å². The van der Waals surface area contributed by atoms with Gasteiger partial charge in [0.25, 0.3) is 0 Å². The summed E-state index contributed by atoms with van der Waals surface area (Å²) in [5, 5.41) is 8.86. The number of nitrogens with zero attached hydrogens (tertiary/aromatic N) is 1. The maximum absolute atomic E-state index is 8.86. The first-order chi connectivity index (χ1) is 8.22. The maximum atomic E-state index is 8.86. The third-order valence-electron chi connectivity index (χ3n) is 3.57. The molecule has 1 unspecified atom stereocenters. The van der Waals surface area contributed by atoms with Gasteiger partial charge in [0.15, 0.2) is 11.5 Å². The number of phenolic OH excluding ortho intramolecular Hbond substituents is 1. The van der Waals surface area contributed by atoms with E-state index in [1.807, 2.05) is 6.07 Å². The highest BCUT2D eigenvalue weighted by Crippen LogP contribution is 2.47. The van der Waals surface area contributed by atoms with Crippen molar-refractivity contribution < 1.29 is 9.84 Å². The van der Waals surface area contributed by atoms with E-state index >= 15 is 0 Å². The van der Waals surface area contributed by atoms with E-state index in [4.69, 9.17) is 9.84 Å². The largest absolute Gasteiger partial charge is 0.502 e. The van der Waals surface area contributed by atoms with Crippen LogP contribution >= 0.6 is 0 Å². The van der Waals surface area contributed by atoms with Crippen LogP contribution in [0, 0.1) is 0 Å². The molecule has 1 N–H and O–H groups in total. The Bertz CT molecular complexity index is 358. The van der Waals surface area contributed by atoms with Gasteiger partial charge in [-0.05, 0) is 45.0 Å². The lowest BCUT2D eigenvalue weighted by molar-refractivity contribution is 0.181. The fraction of sp³-hybridized carbons (Fsp3) is 0.571. The molecule has 0 aliphatic carbocycles. The van der Waals surface area contributed by atoms with Crippen LogP contribution in [-0.2, 0) is 0 Å². The quantitative estimate of drug-likeness (QED) is 0.822. The Balaban J connectivity index is 0.000000127. The van der Waals surface area contributed by atoms with E-state index in [1.54, 1.807) is 12.1 Å². The number of hydrogen-bond donors (Lipinski definition) is 1. The first-order valence-corrected chi connectivity index (χ1v) is 6.42. The molecule has 3 heteroatoms. The Morgan fingerprint density at radius 1 is 1.35 bits per heavy atom. The van der Waals surface area contributed by atoms with Crippen LogP contribution in [0.15, 0.2) is 18.2 Å². The van der Waals surface area contributed by atoms with Crippen LogP contribution in [0.5, 0.6) is 17.2 Å². The highest BCUT2D eigenvalue weighted by atomic mass is 16.5. The van der Waals surface area contributed by atoms with Gasteiger partial charge in [-0.2, -0.15) is 0 Å². The van der Waals surface area contributed by atoms with E-state index in [1.165, 1.54) is 32.2 Å². The lowest BCUT2D eigenvalue weighted by atomic mass is 10.0. The van der Waals surface area contributed by atoms with E-state index in [9.17, 15) is 0 Å². The van der Waals surface area contributed by atoms with Crippen molar-refractivity contribution in [2.45, 2.75) is 38.6 Å². The minimum atomic E-state index is 0.285. The molecule has 0 saturated carbocycles. The van der Waals surface area contributed by atoms with E-state index in [-0.39, 0.29) is 5.75 Å². The normalized spacial score (nSPS) is 21.9. The predicted molar refractivity (Wildman–Crippen MR) is 68.7 cm³/mol. The standard InChI is InChI=1S/C8H17N.C6H4O2/c1-3-8-6-4-5-7-9(8)2;7-6-4-2-1-3-5(6)8-4/h8H,3-7H2,1-2H3;1-3,7H. The molecule has 3 nitrogen and oxygen atoms in total. The third kappa shape index (κ3) is 2.72. The summed E-state index contributed by atoms with van der Waals surface area (Å²) < 4.78 is 4.89. The second-order valence-electron chi connectivity index (χ2n) is 4.74. The fourth-order valence-electron chi connectivity index (χ4n) is 2.40. The van der Waals surface area contributed by atoms with Gasteiger partial charge in [0.1, 0.15) is 0 Å². The molecule has 1 fully saturated rings. The zero-order valence-corrected chi connectivity index (χ0v) is 10.6. The Labute approximate surface area is 103 Å². The summed E-state index contributed by atoms with van der Waals surface area (Å²) in [5.41, 5.74) is 0. The van der Waals surface area contributed by atoms with Crippen molar-refractivity contribution in [2.75, 3.05) is 13.6 Å². The number of likely N-dealkylation sites (tertiary alicyclic amines) is 1. The van der Waals surface area contributed by atoms with Crippen LogP contribution < -0.4 is 4.74 Å². The molecular formula is C14H21NO2. The minimum absolute atomic E-state index is 0.285. The fourth-order valence-corrected chi connectivity index (χ4v) is 2.40. The molecule has 2 bridgehead atoms. The summed E-state index contributed by atoms with van der Waals surface area (Å²) in [4.78, 5) is 2.49. The van der Waals surface area contributed by atoms with Crippen LogP contribution in [0.2, 0.25) is 0 Å². The molecule has 1 aromatic rings. The summed E-state index contributed by atoms with van der Waals surface area (Å²) in [7, 11) is 2.24. The number of rotatable bonds is 1. The zero-order valence-electron chi connectivity index (χ0n) is 10.6. The summed E-state index contributed by atoms with van der Waals surface area (Å²) in [6, 6.07) is 6.18. The van der Waals surface area contributed by atoms with Crippen LogP contribution in [0.25, 0.3) is 0 Å². The summed E-state index contributed by atoms with van der Waals surface area (Å²) in [5.74, 6) is 1.46. The second kappa shape index (κ2) is 5.41. The van der Waals surface area contributed by atoms with Crippen molar-refractivity contribution in [3.63, 3.8) is 0 Å². The number of hydrogen-bond acceptors (Lipinski definition) is 3. The topological polar surface area (TPSA) is 32.7 Å². The van der Waals surface area contributed by atoms with Crippen molar-refractivity contribution in [1.82, 2.24) is 4.90 Å². The van der Waals surface area contributed by atoms with Gasteiger partial charge in [0.2, 0.25) is 5.75 Å². The number of para-hydroxylation sites is 1. The third-order valence-corrected chi connectivity index (χ3v) is 3.57. The van der Waals surface area contributed by atoms with Crippen molar-refractivity contribution in [2.24, 2.45) is 0 Å². The lowest BCUT2D eigenvalue weighted by Crippen LogP contribution is -2.35. The summed E-state index contributed by atoms with van der Waals surface area (Å²) in [6.45, 7) is 3.60. The number of aromatic hydroxyl groups is 1. The lowest BCUT2D eigenvalue weighted by Gasteiger charge is -2.31.